The number of aliphatic carboxylic acids is 1. The smallest absolute Gasteiger partial charge is 0.416 e. The third-order valence-corrected chi connectivity index (χ3v) is 3.12. The molecule has 9 heteroatoms. The Morgan fingerprint density at radius 3 is 2.62 bits per heavy atom. The SMILES string of the molecule is CC(CN(C)C(=O)NCCOc1cccc(C(F)(F)F)c1)C(=O)O. The van der Waals surface area contributed by atoms with Crippen LogP contribution in [0.2, 0.25) is 0 Å². The summed E-state index contributed by atoms with van der Waals surface area (Å²) in [6.45, 7) is 1.56. The molecule has 0 radical (unpaired) electrons. The molecule has 2 amide bonds. The molecule has 0 aromatic heterocycles. The average Bonchev–Trinajstić information content (AvgIpc) is 2.50. The number of amides is 2. The average molecular weight is 348 g/mol. The number of carbonyl (C=O) groups is 2. The van der Waals surface area contributed by atoms with E-state index in [0.29, 0.717) is 0 Å². The van der Waals surface area contributed by atoms with Gasteiger partial charge in [-0.1, -0.05) is 13.0 Å². The predicted molar refractivity (Wildman–Crippen MR) is 79.8 cm³/mol. The van der Waals surface area contributed by atoms with Gasteiger partial charge in [-0.15, -0.1) is 0 Å². The van der Waals surface area contributed by atoms with Crippen LogP contribution in [0.25, 0.3) is 0 Å². The minimum absolute atomic E-state index is 0.0185. The lowest BCUT2D eigenvalue weighted by molar-refractivity contribution is -0.141. The number of hydrogen-bond donors (Lipinski definition) is 2. The van der Waals surface area contributed by atoms with Crippen LogP contribution in [-0.4, -0.2) is 48.8 Å². The highest BCUT2D eigenvalue weighted by atomic mass is 19.4. The van der Waals surface area contributed by atoms with Crippen LogP contribution in [0.5, 0.6) is 5.75 Å². The van der Waals surface area contributed by atoms with E-state index in [1.54, 1.807) is 0 Å². The molecule has 0 heterocycles. The summed E-state index contributed by atoms with van der Waals surface area (Å²) in [5.74, 6) is -1.67. The highest BCUT2D eigenvalue weighted by molar-refractivity contribution is 5.75. The summed E-state index contributed by atoms with van der Waals surface area (Å²) >= 11 is 0. The Hall–Kier alpha value is -2.45. The molecule has 0 bridgehead atoms. The zero-order chi connectivity index (χ0) is 18.3. The van der Waals surface area contributed by atoms with Gasteiger partial charge in [-0.2, -0.15) is 13.2 Å². The lowest BCUT2D eigenvalue weighted by Crippen LogP contribution is -2.42. The van der Waals surface area contributed by atoms with Crippen molar-refractivity contribution in [2.45, 2.75) is 13.1 Å². The molecular formula is C15H19F3N2O4. The van der Waals surface area contributed by atoms with Gasteiger partial charge in [-0.3, -0.25) is 4.79 Å². The monoisotopic (exact) mass is 348 g/mol. The number of nitrogens with zero attached hydrogens (tertiary/aromatic N) is 1. The zero-order valence-corrected chi connectivity index (χ0v) is 13.3. The van der Waals surface area contributed by atoms with Gasteiger partial charge in [0.2, 0.25) is 0 Å². The van der Waals surface area contributed by atoms with E-state index in [1.165, 1.54) is 31.0 Å². The number of hydrogen-bond acceptors (Lipinski definition) is 3. The molecule has 0 saturated carbocycles. The van der Waals surface area contributed by atoms with E-state index in [1.807, 2.05) is 0 Å². The number of carboxylic acid groups (broad SMARTS) is 1. The van der Waals surface area contributed by atoms with Crippen molar-refractivity contribution in [2.75, 3.05) is 26.7 Å². The minimum atomic E-state index is -4.45. The number of benzene rings is 1. The van der Waals surface area contributed by atoms with Crippen molar-refractivity contribution in [3.8, 4) is 5.75 Å². The Bertz CT molecular complexity index is 578. The molecule has 24 heavy (non-hydrogen) atoms. The van der Waals surface area contributed by atoms with Gasteiger partial charge in [-0.25, -0.2) is 4.79 Å². The molecule has 6 nitrogen and oxygen atoms in total. The van der Waals surface area contributed by atoms with Gasteiger partial charge in [-0.05, 0) is 18.2 Å². The molecule has 0 spiro atoms. The lowest BCUT2D eigenvalue weighted by Gasteiger charge is -2.20. The predicted octanol–water partition coefficient (Wildman–Crippen LogP) is 2.45. The number of nitrogens with one attached hydrogen (secondary N) is 1. The standard InChI is InChI=1S/C15H19F3N2O4/c1-10(13(21)22)9-20(2)14(23)19-6-7-24-12-5-3-4-11(8-12)15(16,17)18/h3-5,8,10H,6-7,9H2,1-2H3,(H,19,23)(H,21,22). The number of carbonyl (C=O) groups excluding carboxylic acids is 1. The summed E-state index contributed by atoms with van der Waals surface area (Å²) in [7, 11) is 1.45. The molecule has 0 fully saturated rings. The van der Waals surface area contributed by atoms with Crippen LogP contribution in [0.3, 0.4) is 0 Å². The maximum atomic E-state index is 12.6. The molecule has 0 aliphatic rings. The first-order valence-electron chi connectivity index (χ1n) is 7.13. The molecule has 1 unspecified atom stereocenters. The second-order valence-corrected chi connectivity index (χ2v) is 5.23. The van der Waals surface area contributed by atoms with Crippen LogP contribution in [0, 0.1) is 5.92 Å². The second-order valence-electron chi connectivity index (χ2n) is 5.23. The molecule has 2 N–H and O–H groups in total. The highest BCUT2D eigenvalue weighted by Crippen LogP contribution is 2.31. The van der Waals surface area contributed by atoms with Crippen molar-refractivity contribution in [3.05, 3.63) is 29.8 Å². The Kier molecular flexibility index (Phi) is 6.87. The maximum Gasteiger partial charge on any atom is 0.416 e. The fourth-order valence-electron chi connectivity index (χ4n) is 1.80. The number of alkyl halides is 3. The molecular weight excluding hydrogens is 329 g/mol. The molecule has 134 valence electrons. The van der Waals surface area contributed by atoms with E-state index in [9.17, 15) is 22.8 Å². The number of rotatable bonds is 7. The number of urea groups is 1. The summed E-state index contributed by atoms with van der Waals surface area (Å²) in [5, 5.41) is 11.3. The lowest BCUT2D eigenvalue weighted by atomic mass is 10.2. The maximum absolute atomic E-state index is 12.6. The molecule has 1 aromatic rings. The van der Waals surface area contributed by atoms with Gasteiger partial charge in [0.1, 0.15) is 12.4 Å². The Balaban J connectivity index is 2.38. The first-order valence-corrected chi connectivity index (χ1v) is 7.13. The summed E-state index contributed by atoms with van der Waals surface area (Å²) in [6, 6.07) is 3.95. The third kappa shape index (κ3) is 6.35. The van der Waals surface area contributed by atoms with Crippen LogP contribution in [0.4, 0.5) is 18.0 Å². The summed E-state index contributed by atoms with van der Waals surface area (Å²) < 4.78 is 42.8. The third-order valence-electron chi connectivity index (χ3n) is 3.12. The summed E-state index contributed by atoms with van der Waals surface area (Å²) in [5.41, 5.74) is -0.813. The van der Waals surface area contributed by atoms with Gasteiger partial charge >= 0.3 is 18.2 Å². The number of ether oxygens (including phenoxy) is 1. The Morgan fingerprint density at radius 1 is 1.38 bits per heavy atom. The molecule has 0 aliphatic heterocycles. The van der Waals surface area contributed by atoms with E-state index in [2.05, 4.69) is 5.32 Å². The van der Waals surface area contributed by atoms with E-state index >= 15 is 0 Å². The van der Waals surface area contributed by atoms with Crippen LogP contribution < -0.4 is 10.1 Å². The number of halogens is 3. The molecule has 1 atom stereocenters. The van der Waals surface area contributed by atoms with Crippen molar-refractivity contribution in [1.29, 1.82) is 0 Å². The Labute approximate surface area is 137 Å². The minimum Gasteiger partial charge on any atom is -0.492 e. The van der Waals surface area contributed by atoms with Gasteiger partial charge in [0.05, 0.1) is 18.0 Å². The van der Waals surface area contributed by atoms with Crippen molar-refractivity contribution >= 4 is 12.0 Å². The molecule has 0 aliphatic carbocycles. The van der Waals surface area contributed by atoms with Crippen LogP contribution >= 0.6 is 0 Å². The van der Waals surface area contributed by atoms with Gasteiger partial charge in [0, 0.05) is 13.6 Å². The van der Waals surface area contributed by atoms with Crippen LogP contribution in [-0.2, 0) is 11.0 Å². The van der Waals surface area contributed by atoms with Crippen molar-refractivity contribution < 1.29 is 32.6 Å². The van der Waals surface area contributed by atoms with Gasteiger partial charge < -0.3 is 20.1 Å². The van der Waals surface area contributed by atoms with E-state index in [0.717, 1.165) is 12.1 Å². The van der Waals surface area contributed by atoms with Gasteiger partial charge in [0.25, 0.3) is 0 Å². The summed E-state index contributed by atoms with van der Waals surface area (Å²) in [4.78, 5) is 23.6. The van der Waals surface area contributed by atoms with Crippen molar-refractivity contribution in [3.63, 3.8) is 0 Å². The first-order chi connectivity index (χ1) is 11.1. The fraction of sp³-hybridized carbons (Fsp3) is 0.467. The zero-order valence-electron chi connectivity index (χ0n) is 13.3. The van der Waals surface area contributed by atoms with E-state index in [-0.39, 0.29) is 25.4 Å². The van der Waals surface area contributed by atoms with E-state index in [4.69, 9.17) is 9.84 Å². The largest absolute Gasteiger partial charge is 0.492 e. The molecule has 1 aromatic carbocycles. The van der Waals surface area contributed by atoms with Crippen molar-refractivity contribution in [1.82, 2.24) is 10.2 Å². The van der Waals surface area contributed by atoms with Crippen molar-refractivity contribution in [2.24, 2.45) is 5.92 Å². The van der Waals surface area contributed by atoms with Crippen LogP contribution in [0.15, 0.2) is 24.3 Å². The topological polar surface area (TPSA) is 78.9 Å². The molecule has 0 saturated heterocycles. The normalized spacial score (nSPS) is 12.4. The van der Waals surface area contributed by atoms with Crippen LogP contribution in [0.1, 0.15) is 12.5 Å². The quantitative estimate of drug-likeness (QED) is 0.742. The Morgan fingerprint density at radius 2 is 2.04 bits per heavy atom. The summed E-state index contributed by atoms with van der Waals surface area (Å²) in [6.07, 6.45) is -4.45. The first kappa shape index (κ1) is 19.6. The van der Waals surface area contributed by atoms with E-state index < -0.39 is 29.7 Å². The fourth-order valence-corrected chi connectivity index (χ4v) is 1.80. The molecule has 1 rings (SSSR count). The second kappa shape index (κ2) is 8.42. The van der Waals surface area contributed by atoms with Gasteiger partial charge in [0.15, 0.2) is 0 Å². The number of carboxylic acids is 1. The highest BCUT2D eigenvalue weighted by Gasteiger charge is 2.30.